The molecule has 30 heavy (non-hydrogen) atoms. The number of ketones is 1. The van der Waals surface area contributed by atoms with Crippen LogP contribution in [0.3, 0.4) is 0 Å². The number of carbonyl (C=O) groups is 2. The van der Waals surface area contributed by atoms with Crippen LogP contribution >= 0.6 is 15.9 Å². The first-order valence-corrected chi connectivity index (χ1v) is 10.2. The molecule has 0 bridgehead atoms. The summed E-state index contributed by atoms with van der Waals surface area (Å²) in [5.74, 6) is -4.35. The van der Waals surface area contributed by atoms with Gasteiger partial charge < -0.3 is 14.9 Å². The minimum atomic E-state index is -2.25. The number of nitrogens with zero attached hydrogens (tertiary/aromatic N) is 1. The van der Waals surface area contributed by atoms with Crippen molar-refractivity contribution in [1.82, 2.24) is 4.98 Å². The van der Waals surface area contributed by atoms with Crippen LogP contribution in [-0.4, -0.2) is 26.9 Å². The zero-order chi connectivity index (χ0) is 21.1. The van der Waals surface area contributed by atoms with Gasteiger partial charge in [-0.2, -0.15) is 0 Å². The molecule has 2 N–H and O–H groups in total. The third kappa shape index (κ3) is 2.24. The number of fused-ring (bicyclic) bond motifs is 3. The molecule has 5 rings (SSSR count). The van der Waals surface area contributed by atoms with E-state index in [1.807, 2.05) is 0 Å². The lowest BCUT2D eigenvalue weighted by atomic mass is 9.71. The Morgan fingerprint density at radius 3 is 2.40 bits per heavy atom. The van der Waals surface area contributed by atoms with Crippen LogP contribution in [0.15, 0.2) is 77.4 Å². The number of carboxylic acid groups (broad SMARTS) is 1. The molecule has 0 radical (unpaired) electrons. The summed E-state index contributed by atoms with van der Waals surface area (Å²) < 4.78 is 7.15. The lowest BCUT2D eigenvalue weighted by molar-refractivity contribution is -0.154. The molecule has 1 aromatic heterocycles. The smallest absolute Gasteiger partial charge is 0.314 e. The van der Waals surface area contributed by atoms with Gasteiger partial charge in [0.1, 0.15) is 17.4 Å². The number of aromatic nitrogens is 1. The summed E-state index contributed by atoms with van der Waals surface area (Å²) >= 11 is 3.40. The van der Waals surface area contributed by atoms with Crippen molar-refractivity contribution in [3.05, 3.63) is 94.2 Å². The van der Waals surface area contributed by atoms with Gasteiger partial charge in [-0.3, -0.25) is 14.6 Å². The number of halogens is 1. The van der Waals surface area contributed by atoms with Gasteiger partial charge >= 0.3 is 5.97 Å². The van der Waals surface area contributed by atoms with Crippen molar-refractivity contribution in [2.24, 2.45) is 5.92 Å². The van der Waals surface area contributed by atoms with E-state index in [2.05, 4.69) is 20.9 Å². The van der Waals surface area contributed by atoms with Crippen LogP contribution in [0.25, 0.3) is 0 Å². The molecule has 3 aromatic rings. The summed E-state index contributed by atoms with van der Waals surface area (Å²) in [5.41, 5.74) is -2.79. The minimum absolute atomic E-state index is 0.0441. The van der Waals surface area contributed by atoms with Crippen molar-refractivity contribution in [2.45, 2.75) is 17.1 Å². The number of carbonyl (C=O) groups excluding carboxylic acids is 1. The van der Waals surface area contributed by atoms with Crippen molar-refractivity contribution in [2.75, 3.05) is 0 Å². The van der Waals surface area contributed by atoms with E-state index < -0.39 is 34.8 Å². The Labute approximate surface area is 180 Å². The predicted molar refractivity (Wildman–Crippen MR) is 110 cm³/mol. The maximum atomic E-state index is 13.6. The van der Waals surface area contributed by atoms with E-state index in [0.717, 1.165) is 4.47 Å². The van der Waals surface area contributed by atoms with Crippen molar-refractivity contribution in [3.8, 4) is 5.75 Å². The first kappa shape index (κ1) is 19.0. The topological polar surface area (TPSA) is 96.7 Å². The largest absolute Gasteiger partial charge is 0.481 e. The van der Waals surface area contributed by atoms with Crippen molar-refractivity contribution in [1.29, 1.82) is 0 Å². The van der Waals surface area contributed by atoms with E-state index in [-0.39, 0.29) is 11.4 Å². The number of aliphatic hydroxyl groups is 1. The fraction of sp³-hybridized carbons (Fsp3) is 0.174. The number of hydrogen-bond acceptors (Lipinski definition) is 5. The van der Waals surface area contributed by atoms with E-state index in [9.17, 15) is 19.8 Å². The normalized spacial score (nSPS) is 29.2. The maximum Gasteiger partial charge on any atom is 0.314 e. The number of aliphatic carboxylic acids is 1. The average molecular weight is 466 g/mol. The van der Waals surface area contributed by atoms with E-state index in [4.69, 9.17) is 4.74 Å². The minimum Gasteiger partial charge on any atom is -0.481 e. The molecule has 0 unspecified atom stereocenters. The fourth-order valence-electron chi connectivity index (χ4n) is 4.85. The molecule has 1 aliphatic heterocycles. The summed E-state index contributed by atoms with van der Waals surface area (Å²) in [7, 11) is 0. The Hall–Kier alpha value is -3.03. The molecule has 1 aliphatic carbocycles. The molecule has 7 heteroatoms. The number of benzene rings is 2. The SMILES string of the molecule is O=C(O)[C@H]1C(=O)[C@@]2(O)c3ncccc3O[C@@]2(c2ccc(Br)cc2)[C@@H]1c1ccccc1. The maximum absolute atomic E-state index is 13.6. The van der Waals surface area contributed by atoms with Crippen molar-refractivity contribution < 1.29 is 24.5 Å². The van der Waals surface area contributed by atoms with Crippen LogP contribution in [0, 0.1) is 5.92 Å². The second kappa shape index (κ2) is 6.48. The van der Waals surface area contributed by atoms with Crippen LogP contribution < -0.4 is 4.74 Å². The Morgan fingerprint density at radius 1 is 1.03 bits per heavy atom. The monoisotopic (exact) mass is 465 g/mol. The number of hydrogen-bond donors (Lipinski definition) is 2. The van der Waals surface area contributed by atoms with Gasteiger partial charge in [-0.05, 0) is 35.4 Å². The summed E-state index contributed by atoms with van der Waals surface area (Å²) in [6.45, 7) is 0. The Kier molecular flexibility index (Phi) is 4.10. The average Bonchev–Trinajstić information content (AvgIpc) is 3.13. The third-order valence-electron chi connectivity index (χ3n) is 6.03. The number of carboxylic acids is 1. The number of rotatable bonds is 3. The van der Waals surface area contributed by atoms with Gasteiger partial charge in [-0.1, -0.05) is 58.4 Å². The van der Waals surface area contributed by atoms with Crippen LogP contribution in [0.4, 0.5) is 0 Å². The summed E-state index contributed by atoms with van der Waals surface area (Å²) in [6.07, 6.45) is 1.46. The van der Waals surface area contributed by atoms with Crippen molar-refractivity contribution in [3.63, 3.8) is 0 Å². The summed E-state index contributed by atoms with van der Waals surface area (Å²) in [5, 5.41) is 22.0. The van der Waals surface area contributed by atoms with Gasteiger partial charge in [-0.15, -0.1) is 0 Å². The molecule has 0 spiro atoms. The van der Waals surface area contributed by atoms with E-state index in [1.54, 1.807) is 66.7 Å². The molecule has 1 saturated carbocycles. The molecule has 4 atom stereocenters. The standard InChI is InChI=1S/C23H16BrNO5/c24-15-10-8-14(9-11-15)23-18(13-5-2-1-3-6-13)17(21(27)28)20(26)22(23,29)19-16(30-23)7-4-12-25-19/h1-12,17-18,29H,(H,27,28)/t17-,18-,22+,23+/m1/s1. The van der Waals surface area contributed by atoms with E-state index in [0.29, 0.717) is 11.1 Å². The molecule has 1 fully saturated rings. The van der Waals surface area contributed by atoms with Gasteiger partial charge in [0.2, 0.25) is 5.60 Å². The fourth-order valence-corrected chi connectivity index (χ4v) is 5.12. The summed E-state index contributed by atoms with van der Waals surface area (Å²) in [6, 6.07) is 19.1. The first-order chi connectivity index (χ1) is 14.4. The molecule has 2 aromatic carbocycles. The van der Waals surface area contributed by atoms with Crippen LogP contribution in [-0.2, 0) is 20.8 Å². The Morgan fingerprint density at radius 2 is 1.73 bits per heavy atom. The zero-order valence-corrected chi connectivity index (χ0v) is 17.1. The van der Waals surface area contributed by atoms with Gasteiger partial charge in [0.05, 0.1) is 5.92 Å². The lowest BCUT2D eigenvalue weighted by Gasteiger charge is -2.38. The first-order valence-electron chi connectivity index (χ1n) is 9.36. The van der Waals surface area contributed by atoms with Gasteiger partial charge in [0.25, 0.3) is 0 Å². The van der Waals surface area contributed by atoms with Crippen LogP contribution in [0.2, 0.25) is 0 Å². The Bertz CT molecular complexity index is 1170. The molecule has 2 heterocycles. The highest BCUT2D eigenvalue weighted by molar-refractivity contribution is 9.10. The third-order valence-corrected chi connectivity index (χ3v) is 6.56. The number of Topliss-reactive ketones (excluding diaryl/α,β-unsaturated/α-hetero) is 1. The van der Waals surface area contributed by atoms with Crippen molar-refractivity contribution >= 4 is 27.7 Å². The molecule has 2 aliphatic rings. The zero-order valence-electron chi connectivity index (χ0n) is 15.5. The highest BCUT2D eigenvalue weighted by Gasteiger charge is 2.78. The highest BCUT2D eigenvalue weighted by Crippen LogP contribution is 2.66. The van der Waals surface area contributed by atoms with E-state index >= 15 is 0 Å². The summed E-state index contributed by atoms with van der Waals surface area (Å²) in [4.78, 5) is 30.1. The second-order valence-corrected chi connectivity index (χ2v) is 8.39. The number of ether oxygens (including phenoxy) is 1. The van der Waals surface area contributed by atoms with E-state index in [1.165, 1.54) is 6.20 Å². The Balaban J connectivity index is 1.88. The molecule has 0 saturated heterocycles. The quantitative estimate of drug-likeness (QED) is 0.575. The number of pyridine rings is 1. The van der Waals surface area contributed by atoms with Crippen LogP contribution in [0.1, 0.15) is 22.7 Å². The van der Waals surface area contributed by atoms with Gasteiger partial charge in [0, 0.05) is 10.7 Å². The molecule has 0 amide bonds. The van der Waals surface area contributed by atoms with Crippen LogP contribution in [0.5, 0.6) is 5.75 Å². The van der Waals surface area contributed by atoms with Gasteiger partial charge in [0.15, 0.2) is 11.4 Å². The second-order valence-electron chi connectivity index (χ2n) is 7.47. The molecule has 150 valence electrons. The predicted octanol–water partition coefficient (Wildman–Crippen LogP) is 3.39. The highest BCUT2D eigenvalue weighted by atomic mass is 79.9. The lowest BCUT2D eigenvalue weighted by Crippen LogP contribution is -2.51. The molecular formula is C23H16BrNO5. The van der Waals surface area contributed by atoms with Gasteiger partial charge in [-0.25, -0.2) is 0 Å². The molecule has 6 nitrogen and oxygen atoms in total. The molecular weight excluding hydrogens is 450 g/mol.